The first-order chi connectivity index (χ1) is 10.4. The van der Waals surface area contributed by atoms with Gasteiger partial charge in [0.05, 0.1) is 6.54 Å². The lowest BCUT2D eigenvalue weighted by Gasteiger charge is -2.19. The molecule has 1 aromatic rings. The Balaban J connectivity index is 1.77. The highest BCUT2D eigenvalue weighted by atomic mass is 32.2. The number of Topliss-reactive ketones (excluding diaryl/α,β-unsaturated/α-hetero) is 1. The zero-order chi connectivity index (χ0) is 15.9. The molecule has 2 heterocycles. The number of nitrogens with zero attached hydrogens (tertiary/aromatic N) is 1. The molecule has 5 nitrogen and oxygen atoms in total. The van der Waals surface area contributed by atoms with Crippen LogP contribution in [0.25, 0.3) is 0 Å². The van der Waals surface area contributed by atoms with Crippen LogP contribution in [0.15, 0.2) is 18.2 Å². The van der Waals surface area contributed by atoms with Crippen LogP contribution in [-0.2, 0) is 4.79 Å². The molecule has 0 radical (unpaired) electrons. The largest absolute Gasteiger partial charge is 0.325 e. The summed E-state index contributed by atoms with van der Waals surface area (Å²) in [5.41, 5.74) is 1.87. The van der Waals surface area contributed by atoms with Gasteiger partial charge in [0.2, 0.25) is 0 Å². The van der Waals surface area contributed by atoms with E-state index in [-0.39, 0.29) is 18.2 Å². The van der Waals surface area contributed by atoms with Crippen molar-refractivity contribution < 1.29 is 14.4 Å². The molecule has 0 saturated carbocycles. The van der Waals surface area contributed by atoms with Crippen molar-refractivity contribution in [3.05, 3.63) is 34.9 Å². The molecule has 1 aromatic carbocycles. The van der Waals surface area contributed by atoms with Gasteiger partial charge in [-0.05, 0) is 43.2 Å². The maximum Gasteiger partial charge on any atom is 0.325 e. The van der Waals surface area contributed by atoms with Gasteiger partial charge < -0.3 is 5.32 Å². The van der Waals surface area contributed by atoms with Crippen LogP contribution in [0.3, 0.4) is 0 Å². The second kappa shape index (κ2) is 5.43. The number of amides is 3. The van der Waals surface area contributed by atoms with Crippen molar-refractivity contribution in [1.29, 1.82) is 0 Å². The highest BCUT2D eigenvalue weighted by Crippen LogP contribution is 2.33. The molecule has 1 N–H and O–H groups in total. The average molecular weight is 318 g/mol. The Morgan fingerprint density at radius 1 is 1.32 bits per heavy atom. The number of nitrogens with one attached hydrogen (secondary N) is 1. The lowest BCUT2D eigenvalue weighted by atomic mass is 9.99. The Hall–Kier alpha value is -1.82. The summed E-state index contributed by atoms with van der Waals surface area (Å²) in [6.45, 7) is 3.71. The zero-order valence-corrected chi connectivity index (χ0v) is 13.5. The van der Waals surface area contributed by atoms with E-state index in [9.17, 15) is 14.4 Å². The van der Waals surface area contributed by atoms with Crippen molar-refractivity contribution in [1.82, 2.24) is 10.2 Å². The van der Waals surface area contributed by atoms with Crippen LogP contribution in [0.2, 0.25) is 0 Å². The predicted octanol–water partition coefficient (Wildman–Crippen LogP) is 1.91. The molecule has 3 rings (SSSR count). The molecule has 116 valence electrons. The van der Waals surface area contributed by atoms with Crippen LogP contribution in [0.4, 0.5) is 4.79 Å². The summed E-state index contributed by atoms with van der Waals surface area (Å²) < 4.78 is 0. The van der Waals surface area contributed by atoms with Crippen LogP contribution < -0.4 is 5.32 Å². The average Bonchev–Trinajstić information content (AvgIpc) is 3.03. The normalized spacial score (nSPS) is 24.2. The second-order valence-electron chi connectivity index (χ2n) is 5.93. The number of imide groups is 1. The molecule has 2 aliphatic rings. The number of aryl methyl sites for hydroxylation is 2. The summed E-state index contributed by atoms with van der Waals surface area (Å²) in [6.07, 6.45) is 0.635. The van der Waals surface area contributed by atoms with E-state index >= 15 is 0 Å². The summed E-state index contributed by atoms with van der Waals surface area (Å²) >= 11 is 1.65. The molecule has 22 heavy (non-hydrogen) atoms. The molecule has 1 atom stereocenters. The first kappa shape index (κ1) is 15.1. The quantitative estimate of drug-likeness (QED) is 0.683. The molecule has 3 amide bonds. The molecule has 2 saturated heterocycles. The summed E-state index contributed by atoms with van der Waals surface area (Å²) in [7, 11) is 0. The monoisotopic (exact) mass is 318 g/mol. The summed E-state index contributed by atoms with van der Waals surface area (Å²) in [6, 6.07) is 4.97. The molecule has 2 fully saturated rings. The number of benzene rings is 1. The lowest BCUT2D eigenvalue weighted by Crippen LogP contribution is -2.47. The third-order valence-electron chi connectivity index (χ3n) is 4.40. The van der Waals surface area contributed by atoms with Gasteiger partial charge in [0.25, 0.3) is 5.91 Å². The van der Waals surface area contributed by atoms with Crippen molar-refractivity contribution in [3.8, 4) is 0 Å². The van der Waals surface area contributed by atoms with Gasteiger partial charge in [0.1, 0.15) is 5.54 Å². The summed E-state index contributed by atoms with van der Waals surface area (Å²) in [5, 5.41) is 2.77. The SMILES string of the molecule is Cc1ccc(C(=O)CN2C(=O)N[C@]3(CCSC3)C2=O)cc1C. The smallest absolute Gasteiger partial charge is 0.322 e. The minimum Gasteiger partial charge on any atom is -0.322 e. The van der Waals surface area contributed by atoms with E-state index in [0.29, 0.717) is 17.7 Å². The molecule has 0 bridgehead atoms. The van der Waals surface area contributed by atoms with Crippen LogP contribution in [0.5, 0.6) is 0 Å². The van der Waals surface area contributed by atoms with Crippen LogP contribution in [-0.4, -0.2) is 46.2 Å². The van der Waals surface area contributed by atoms with Crippen molar-refractivity contribution in [2.45, 2.75) is 25.8 Å². The third kappa shape index (κ3) is 2.41. The van der Waals surface area contributed by atoms with Gasteiger partial charge in [-0.3, -0.25) is 14.5 Å². The van der Waals surface area contributed by atoms with Gasteiger partial charge in [-0.15, -0.1) is 0 Å². The zero-order valence-electron chi connectivity index (χ0n) is 12.6. The Morgan fingerprint density at radius 2 is 2.09 bits per heavy atom. The van der Waals surface area contributed by atoms with E-state index in [1.165, 1.54) is 0 Å². The number of thioether (sulfide) groups is 1. The van der Waals surface area contributed by atoms with E-state index in [2.05, 4.69) is 5.32 Å². The minimum absolute atomic E-state index is 0.195. The standard InChI is InChI=1S/C16H18N2O3S/c1-10-3-4-12(7-11(10)2)13(19)8-18-14(20)16(17-15(18)21)5-6-22-9-16/h3-4,7H,5-6,8-9H2,1-2H3,(H,17,21)/t16-/m0/s1. The van der Waals surface area contributed by atoms with Crippen molar-refractivity contribution in [2.75, 3.05) is 18.1 Å². The Kier molecular flexibility index (Phi) is 3.72. The van der Waals surface area contributed by atoms with Gasteiger partial charge in [0, 0.05) is 11.3 Å². The maximum atomic E-state index is 12.5. The van der Waals surface area contributed by atoms with Crippen molar-refractivity contribution >= 4 is 29.5 Å². The number of rotatable bonds is 3. The second-order valence-corrected chi connectivity index (χ2v) is 7.03. The minimum atomic E-state index is -0.786. The third-order valence-corrected chi connectivity index (χ3v) is 5.59. The predicted molar refractivity (Wildman–Crippen MR) is 85.2 cm³/mol. The lowest BCUT2D eigenvalue weighted by molar-refractivity contribution is -0.130. The fraction of sp³-hybridized carbons (Fsp3) is 0.438. The number of hydrogen-bond acceptors (Lipinski definition) is 4. The first-order valence-electron chi connectivity index (χ1n) is 7.25. The molecule has 1 spiro atoms. The number of hydrogen-bond donors (Lipinski definition) is 1. The fourth-order valence-electron chi connectivity index (χ4n) is 2.80. The van der Waals surface area contributed by atoms with E-state index in [4.69, 9.17) is 0 Å². The maximum absolute atomic E-state index is 12.5. The number of carbonyl (C=O) groups excluding carboxylic acids is 3. The molecular formula is C16H18N2O3S. The molecule has 2 aliphatic heterocycles. The van der Waals surface area contributed by atoms with Gasteiger partial charge in [-0.1, -0.05) is 12.1 Å². The van der Waals surface area contributed by atoms with E-state index in [1.54, 1.807) is 23.9 Å². The molecule has 0 unspecified atom stereocenters. The Bertz CT molecular complexity index is 665. The Labute approximate surface area is 133 Å². The number of urea groups is 1. The topological polar surface area (TPSA) is 66.5 Å². The Morgan fingerprint density at radius 3 is 2.73 bits per heavy atom. The van der Waals surface area contributed by atoms with E-state index in [1.807, 2.05) is 19.9 Å². The van der Waals surface area contributed by atoms with Crippen LogP contribution in [0, 0.1) is 13.8 Å². The highest BCUT2D eigenvalue weighted by Gasteiger charge is 2.53. The fourth-order valence-corrected chi connectivity index (χ4v) is 4.13. The molecule has 0 aromatic heterocycles. The van der Waals surface area contributed by atoms with Gasteiger partial charge >= 0.3 is 6.03 Å². The molecule has 0 aliphatic carbocycles. The van der Waals surface area contributed by atoms with Crippen molar-refractivity contribution in [3.63, 3.8) is 0 Å². The number of carbonyl (C=O) groups is 3. The first-order valence-corrected chi connectivity index (χ1v) is 8.41. The summed E-state index contributed by atoms with van der Waals surface area (Å²) in [4.78, 5) is 38.0. The van der Waals surface area contributed by atoms with E-state index in [0.717, 1.165) is 21.8 Å². The van der Waals surface area contributed by atoms with Crippen LogP contribution in [0.1, 0.15) is 27.9 Å². The van der Waals surface area contributed by atoms with Crippen molar-refractivity contribution in [2.24, 2.45) is 0 Å². The van der Waals surface area contributed by atoms with Crippen LogP contribution >= 0.6 is 11.8 Å². The molecular weight excluding hydrogens is 300 g/mol. The van der Waals surface area contributed by atoms with E-state index < -0.39 is 11.6 Å². The van der Waals surface area contributed by atoms with Gasteiger partial charge in [0.15, 0.2) is 5.78 Å². The molecule has 6 heteroatoms. The number of ketones is 1. The van der Waals surface area contributed by atoms with Gasteiger partial charge in [-0.2, -0.15) is 11.8 Å². The highest BCUT2D eigenvalue weighted by molar-refractivity contribution is 7.99. The summed E-state index contributed by atoms with van der Waals surface area (Å²) in [5.74, 6) is 0.964. The van der Waals surface area contributed by atoms with Gasteiger partial charge in [-0.25, -0.2) is 4.79 Å².